The van der Waals surface area contributed by atoms with Crippen LogP contribution in [-0.2, 0) is 16.1 Å². The smallest absolute Gasteiger partial charge is 0.232 e. The fraction of sp³-hybridized carbons (Fsp3) is 0.583. The summed E-state index contributed by atoms with van der Waals surface area (Å²) < 4.78 is 1.86. The Bertz CT molecular complexity index is 474. The summed E-state index contributed by atoms with van der Waals surface area (Å²) in [4.78, 5) is 25.4. The van der Waals surface area contributed by atoms with Crippen molar-refractivity contribution < 1.29 is 9.59 Å². The lowest BCUT2D eigenvalue weighted by Crippen LogP contribution is -2.43. The Kier molecular flexibility index (Phi) is 4.47. The molecule has 0 bridgehead atoms. The average molecular weight is 282 g/mol. The number of hydrogen-bond donors (Lipinski definition) is 1. The highest BCUT2D eigenvalue weighted by Gasteiger charge is 2.29. The molecule has 0 saturated carbocycles. The van der Waals surface area contributed by atoms with E-state index in [2.05, 4.69) is 10.4 Å². The maximum absolute atomic E-state index is 12.0. The van der Waals surface area contributed by atoms with Crippen molar-refractivity contribution >= 4 is 23.6 Å². The number of carbonyl (C=O) groups is 2. The number of carbonyl (C=O) groups excluding carboxylic acids is 2. The van der Waals surface area contributed by atoms with E-state index in [1.165, 1.54) is 11.8 Å². The predicted octanol–water partition coefficient (Wildman–Crippen LogP) is 0.265. The molecule has 19 heavy (non-hydrogen) atoms. The Morgan fingerprint density at radius 3 is 3.05 bits per heavy atom. The maximum atomic E-state index is 12.0. The van der Waals surface area contributed by atoms with Crippen molar-refractivity contribution in [3.05, 3.63) is 18.0 Å². The molecule has 2 amide bonds. The van der Waals surface area contributed by atoms with Crippen LogP contribution < -0.4 is 5.32 Å². The van der Waals surface area contributed by atoms with Gasteiger partial charge in [-0.1, -0.05) is 0 Å². The van der Waals surface area contributed by atoms with Crippen molar-refractivity contribution in [2.24, 2.45) is 0 Å². The second-order valence-corrected chi connectivity index (χ2v) is 5.37. The second kappa shape index (κ2) is 6.10. The Labute approximate surface area is 116 Å². The van der Waals surface area contributed by atoms with Crippen LogP contribution >= 0.6 is 11.8 Å². The molecule has 1 aliphatic heterocycles. The van der Waals surface area contributed by atoms with Gasteiger partial charge < -0.3 is 10.2 Å². The Balaban J connectivity index is 2.15. The Morgan fingerprint density at radius 1 is 1.58 bits per heavy atom. The molecule has 0 unspecified atom stereocenters. The number of hydrogen-bond acceptors (Lipinski definition) is 4. The highest BCUT2D eigenvalue weighted by Crippen LogP contribution is 2.23. The number of nitrogens with zero attached hydrogens (tertiary/aromatic N) is 3. The maximum Gasteiger partial charge on any atom is 0.232 e. The van der Waals surface area contributed by atoms with E-state index < -0.39 is 0 Å². The molecule has 0 saturated heterocycles. The Hall–Kier alpha value is -1.50. The standard InChI is InChI=1S/C12H18N4O2S/c1-13-11(17)5-10-7-15(12(18)8-19-2)6-9-3-4-14-16(9)10/h3-4,10H,5-8H2,1-2H3,(H,13,17)/t10-/m1/s1. The van der Waals surface area contributed by atoms with Crippen molar-refractivity contribution in [1.29, 1.82) is 0 Å². The lowest BCUT2D eigenvalue weighted by atomic mass is 10.1. The lowest BCUT2D eigenvalue weighted by Gasteiger charge is -2.33. The summed E-state index contributed by atoms with van der Waals surface area (Å²) in [7, 11) is 1.62. The molecule has 1 aromatic heterocycles. The summed E-state index contributed by atoms with van der Waals surface area (Å²) in [5.74, 6) is 0.549. The number of nitrogens with one attached hydrogen (secondary N) is 1. The van der Waals surface area contributed by atoms with E-state index in [0.717, 1.165) is 5.69 Å². The van der Waals surface area contributed by atoms with Gasteiger partial charge in [0.25, 0.3) is 0 Å². The monoisotopic (exact) mass is 282 g/mol. The average Bonchev–Trinajstić information content (AvgIpc) is 2.87. The van der Waals surface area contributed by atoms with E-state index in [1.54, 1.807) is 18.1 Å². The minimum absolute atomic E-state index is 0.0365. The van der Waals surface area contributed by atoms with E-state index in [-0.39, 0.29) is 17.9 Å². The zero-order valence-corrected chi connectivity index (χ0v) is 11.9. The molecule has 104 valence electrons. The van der Waals surface area contributed by atoms with Crippen LogP contribution in [0, 0.1) is 0 Å². The number of rotatable bonds is 4. The molecule has 0 aliphatic carbocycles. The van der Waals surface area contributed by atoms with Crippen molar-refractivity contribution in [1.82, 2.24) is 20.0 Å². The zero-order valence-electron chi connectivity index (χ0n) is 11.1. The van der Waals surface area contributed by atoms with E-state index in [0.29, 0.717) is 25.3 Å². The SMILES string of the molecule is CNC(=O)C[C@@H]1CN(C(=O)CSC)Cc2ccnn21. The summed E-state index contributed by atoms with van der Waals surface area (Å²) in [6, 6.07) is 1.82. The van der Waals surface area contributed by atoms with Crippen LogP contribution in [-0.4, -0.2) is 52.1 Å². The highest BCUT2D eigenvalue weighted by molar-refractivity contribution is 7.99. The Morgan fingerprint density at radius 2 is 2.37 bits per heavy atom. The van der Waals surface area contributed by atoms with Crippen LogP contribution in [0.25, 0.3) is 0 Å². The zero-order chi connectivity index (χ0) is 13.8. The molecular weight excluding hydrogens is 264 g/mol. The van der Waals surface area contributed by atoms with Gasteiger partial charge in [0.15, 0.2) is 0 Å². The molecule has 0 fully saturated rings. The summed E-state index contributed by atoms with van der Waals surface area (Å²) in [6.07, 6.45) is 3.97. The van der Waals surface area contributed by atoms with Gasteiger partial charge in [0.2, 0.25) is 11.8 Å². The molecule has 6 nitrogen and oxygen atoms in total. The van der Waals surface area contributed by atoms with Gasteiger partial charge in [0.1, 0.15) is 0 Å². The molecule has 2 rings (SSSR count). The van der Waals surface area contributed by atoms with Gasteiger partial charge in [0, 0.05) is 19.8 Å². The number of amides is 2. The minimum atomic E-state index is -0.0792. The van der Waals surface area contributed by atoms with Crippen LogP contribution in [0.15, 0.2) is 12.3 Å². The first-order valence-electron chi connectivity index (χ1n) is 6.15. The van der Waals surface area contributed by atoms with Gasteiger partial charge in [-0.05, 0) is 12.3 Å². The first-order chi connectivity index (χ1) is 9.15. The van der Waals surface area contributed by atoms with E-state index in [1.807, 2.05) is 17.0 Å². The lowest BCUT2D eigenvalue weighted by molar-refractivity contribution is -0.131. The van der Waals surface area contributed by atoms with Gasteiger partial charge in [-0.25, -0.2) is 0 Å². The van der Waals surface area contributed by atoms with Crippen molar-refractivity contribution in [3.63, 3.8) is 0 Å². The molecule has 0 aromatic carbocycles. The summed E-state index contributed by atoms with van der Waals surface area (Å²) in [5.41, 5.74) is 0.981. The summed E-state index contributed by atoms with van der Waals surface area (Å²) in [6.45, 7) is 1.12. The first kappa shape index (κ1) is 13.9. The second-order valence-electron chi connectivity index (χ2n) is 4.51. The number of fused-ring (bicyclic) bond motifs is 1. The van der Waals surface area contributed by atoms with Crippen molar-refractivity contribution in [3.8, 4) is 0 Å². The van der Waals surface area contributed by atoms with Gasteiger partial charge in [-0.15, -0.1) is 0 Å². The van der Waals surface area contributed by atoms with Crippen LogP contribution in [0.3, 0.4) is 0 Å². The third-order valence-corrected chi connectivity index (χ3v) is 3.74. The van der Waals surface area contributed by atoms with Gasteiger partial charge in [0.05, 0.1) is 30.5 Å². The molecule has 1 aliphatic rings. The van der Waals surface area contributed by atoms with Crippen LogP contribution in [0.1, 0.15) is 18.2 Å². The van der Waals surface area contributed by atoms with Crippen molar-refractivity contribution in [2.45, 2.75) is 19.0 Å². The van der Waals surface area contributed by atoms with Crippen LogP contribution in [0.4, 0.5) is 0 Å². The number of aromatic nitrogens is 2. The third kappa shape index (κ3) is 3.09. The molecule has 2 heterocycles. The molecule has 0 radical (unpaired) electrons. The van der Waals surface area contributed by atoms with Gasteiger partial charge >= 0.3 is 0 Å². The molecule has 0 spiro atoms. The van der Waals surface area contributed by atoms with E-state index >= 15 is 0 Å². The highest BCUT2D eigenvalue weighted by atomic mass is 32.2. The molecule has 1 aromatic rings. The van der Waals surface area contributed by atoms with E-state index in [9.17, 15) is 9.59 Å². The summed E-state index contributed by atoms with van der Waals surface area (Å²) in [5, 5.41) is 6.88. The van der Waals surface area contributed by atoms with Crippen molar-refractivity contribution in [2.75, 3.05) is 25.6 Å². The third-order valence-electron chi connectivity index (χ3n) is 3.20. The fourth-order valence-corrected chi connectivity index (χ4v) is 2.69. The molecule has 7 heteroatoms. The number of thioether (sulfide) groups is 1. The fourth-order valence-electron chi connectivity index (χ4n) is 2.26. The van der Waals surface area contributed by atoms with Crippen LogP contribution in [0.2, 0.25) is 0 Å². The molecule has 1 N–H and O–H groups in total. The predicted molar refractivity (Wildman–Crippen MR) is 73.7 cm³/mol. The summed E-state index contributed by atoms with van der Waals surface area (Å²) >= 11 is 1.51. The quantitative estimate of drug-likeness (QED) is 0.860. The van der Waals surface area contributed by atoms with Gasteiger partial charge in [-0.3, -0.25) is 14.3 Å². The minimum Gasteiger partial charge on any atom is -0.359 e. The normalized spacial score (nSPS) is 18.0. The van der Waals surface area contributed by atoms with E-state index in [4.69, 9.17) is 0 Å². The molecular formula is C12H18N4O2S. The van der Waals surface area contributed by atoms with Gasteiger partial charge in [-0.2, -0.15) is 16.9 Å². The largest absolute Gasteiger partial charge is 0.359 e. The molecule has 1 atom stereocenters. The first-order valence-corrected chi connectivity index (χ1v) is 7.54. The topological polar surface area (TPSA) is 67.2 Å². The van der Waals surface area contributed by atoms with Crippen LogP contribution in [0.5, 0.6) is 0 Å².